The standard InChI is InChI=1S/C17H16BrN7/c18-15-10-22-17(24-13-3-1-12(2-4-13)5-7-19)25-16(15)21-8-6-14-9-20-11-23-14/h1-4,9-11H,5-6,8H2,(H,20,23)(H2,21,22,24,25). The average Bonchev–Trinajstić information content (AvgIpc) is 3.13. The van der Waals surface area contributed by atoms with Crippen molar-refractivity contribution in [1.82, 2.24) is 19.9 Å². The SMILES string of the molecule is N#CCc1ccc(Nc2ncc(Br)c(NCCc3cnc[nH]3)n2)cc1. The van der Waals surface area contributed by atoms with Gasteiger partial charge in [-0.1, -0.05) is 12.1 Å². The van der Waals surface area contributed by atoms with Crippen LogP contribution >= 0.6 is 15.9 Å². The molecule has 7 nitrogen and oxygen atoms in total. The number of rotatable bonds is 7. The van der Waals surface area contributed by atoms with Gasteiger partial charge in [-0.3, -0.25) is 0 Å². The van der Waals surface area contributed by atoms with E-state index in [1.54, 1.807) is 18.7 Å². The molecule has 126 valence electrons. The van der Waals surface area contributed by atoms with Crippen molar-refractivity contribution in [3.8, 4) is 6.07 Å². The molecule has 3 N–H and O–H groups in total. The van der Waals surface area contributed by atoms with Gasteiger partial charge in [0.15, 0.2) is 0 Å². The summed E-state index contributed by atoms with van der Waals surface area (Å²) in [5.74, 6) is 1.22. The summed E-state index contributed by atoms with van der Waals surface area (Å²) in [4.78, 5) is 15.8. The van der Waals surface area contributed by atoms with E-state index >= 15 is 0 Å². The van der Waals surface area contributed by atoms with Gasteiger partial charge in [-0.2, -0.15) is 10.2 Å². The van der Waals surface area contributed by atoms with Crippen LogP contribution in [0.5, 0.6) is 0 Å². The Morgan fingerprint density at radius 3 is 2.76 bits per heavy atom. The molecular formula is C17H16BrN7. The van der Waals surface area contributed by atoms with Crippen LogP contribution in [0.3, 0.4) is 0 Å². The third-order valence-corrected chi connectivity index (χ3v) is 4.06. The van der Waals surface area contributed by atoms with E-state index in [1.165, 1.54) is 0 Å². The molecule has 0 aliphatic rings. The molecule has 0 bridgehead atoms. The summed E-state index contributed by atoms with van der Waals surface area (Å²) in [6.45, 7) is 0.722. The highest BCUT2D eigenvalue weighted by Crippen LogP contribution is 2.22. The molecule has 1 aromatic carbocycles. The lowest BCUT2D eigenvalue weighted by Crippen LogP contribution is -2.09. The van der Waals surface area contributed by atoms with Gasteiger partial charge in [0.25, 0.3) is 0 Å². The predicted molar refractivity (Wildman–Crippen MR) is 99.6 cm³/mol. The van der Waals surface area contributed by atoms with Gasteiger partial charge in [-0.05, 0) is 33.6 Å². The largest absolute Gasteiger partial charge is 0.369 e. The van der Waals surface area contributed by atoms with Crippen molar-refractivity contribution in [3.63, 3.8) is 0 Å². The first-order valence-electron chi connectivity index (χ1n) is 7.71. The van der Waals surface area contributed by atoms with Gasteiger partial charge < -0.3 is 15.6 Å². The van der Waals surface area contributed by atoms with Gasteiger partial charge in [0.2, 0.25) is 5.95 Å². The molecule has 8 heteroatoms. The van der Waals surface area contributed by atoms with E-state index in [4.69, 9.17) is 5.26 Å². The minimum Gasteiger partial charge on any atom is -0.369 e. The molecule has 0 fully saturated rings. The number of hydrogen-bond donors (Lipinski definition) is 3. The highest BCUT2D eigenvalue weighted by atomic mass is 79.9. The maximum Gasteiger partial charge on any atom is 0.229 e. The minimum atomic E-state index is 0.402. The number of H-pyrrole nitrogens is 1. The Hall–Kier alpha value is -2.92. The van der Waals surface area contributed by atoms with Crippen LogP contribution in [0, 0.1) is 11.3 Å². The summed E-state index contributed by atoms with van der Waals surface area (Å²) in [5.41, 5.74) is 2.91. The van der Waals surface area contributed by atoms with Crippen LogP contribution in [0.1, 0.15) is 11.3 Å². The number of nitrogens with one attached hydrogen (secondary N) is 3. The number of aromatic nitrogens is 4. The average molecular weight is 398 g/mol. The van der Waals surface area contributed by atoms with E-state index in [9.17, 15) is 0 Å². The van der Waals surface area contributed by atoms with E-state index in [0.717, 1.165) is 40.2 Å². The van der Waals surface area contributed by atoms with Crippen LogP contribution in [0.25, 0.3) is 0 Å². The zero-order chi connectivity index (χ0) is 17.5. The highest BCUT2D eigenvalue weighted by Gasteiger charge is 2.06. The Balaban J connectivity index is 1.63. The number of anilines is 3. The number of aromatic amines is 1. The second-order valence-electron chi connectivity index (χ2n) is 5.30. The molecule has 2 aromatic heterocycles. The first kappa shape index (κ1) is 16.9. The predicted octanol–water partition coefficient (Wildman–Crippen LogP) is 3.43. The van der Waals surface area contributed by atoms with Gasteiger partial charge >= 0.3 is 0 Å². The van der Waals surface area contributed by atoms with Gasteiger partial charge in [-0.25, -0.2) is 9.97 Å². The van der Waals surface area contributed by atoms with E-state index in [1.807, 2.05) is 24.3 Å². The highest BCUT2D eigenvalue weighted by molar-refractivity contribution is 9.10. The normalized spacial score (nSPS) is 10.2. The Kier molecular flexibility index (Phi) is 5.59. The molecule has 0 amide bonds. The van der Waals surface area contributed by atoms with E-state index < -0.39 is 0 Å². The van der Waals surface area contributed by atoms with Crippen LogP contribution < -0.4 is 10.6 Å². The lowest BCUT2D eigenvalue weighted by atomic mass is 10.1. The van der Waals surface area contributed by atoms with Gasteiger partial charge in [0.05, 0.1) is 23.3 Å². The summed E-state index contributed by atoms with van der Waals surface area (Å²) in [6, 6.07) is 9.77. The lowest BCUT2D eigenvalue weighted by molar-refractivity contribution is 0.962. The molecule has 0 radical (unpaired) electrons. The Labute approximate surface area is 153 Å². The molecule has 25 heavy (non-hydrogen) atoms. The molecule has 0 saturated heterocycles. The fourth-order valence-corrected chi connectivity index (χ4v) is 2.55. The third kappa shape index (κ3) is 4.78. The third-order valence-electron chi connectivity index (χ3n) is 3.48. The molecule has 0 aliphatic heterocycles. The number of benzene rings is 1. The molecule has 3 rings (SSSR count). The van der Waals surface area contributed by atoms with E-state index in [0.29, 0.717) is 12.4 Å². The second-order valence-corrected chi connectivity index (χ2v) is 6.15. The van der Waals surface area contributed by atoms with Crippen molar-refractivity contribution in [2.45, 2.75) is 12.8 Å². The first-order chi connectivity index (χ1) is 12.2. The van der Waals surface area contributed by atoms with Gasteiger partial charge in [0, 0.05) is 36.7 Å². The molecule has 3 aromatic rings. The van der Waals surface area contributed by atoms with Crippen molar-refractivity contribution in [3.05, 3.63) is 58.7 Å². The second kappa shape index (κ2) is 8.26. The topological polar surface area (TPSA) is 102 Å². The summed E-state index contributed by atoms with van der Waals surface area (Å²) in [5, 5.41) is 15.2. The molecule has 0 atom stereocenters. The number of nitrogens with zero attached hydrogens (tertiary/aromatic N) is 4. The number of halogens is 1. The molecule has 0 saturated carbocycles. The van der Waals surface area contributed by atoms with Crippen molar-refractivity contribution in [1.29, 1.82) is 5.26 Å². The minimum absolute atomic E-state index is 0.402. The Morgan fingerprint density at radius 2 is 2.04 bits per heavy atom. The Bertz CT molecular complexity index is 854. The number of hydrogen-bond acceptors (Lipinski definition) is 6. The van der Waals surface area contributed by atoms with Crippen LogP contribution in [0.2, 0.25) is 0 Å². The summed E-state index contributed by atoms with van der Waals surface area (Å²) >= 11 is 3.46. The van der Waals surface area contributed by atoms with Crippen molar-refractivity contribution in [2.75, 3.05) is 17.2 Å². The first-order valence-corrected chi connectivity index (χ1v) is 8.50. The lowest BCUT2D eigenvalue weighted by Gasteiger charge is -2.10. The van der Waals surface area contributed by atoms with Crippen LogP contribution in [-0.4, -0.2) is 26.5 Å². The van der Waals surface area contributed by atoms with Gasteiger partial charge in [-0.15, -0.1) is 0 Å². The Morgan fingerprint density at radius 1 is 1.20 bits per heavy atom. The van der Waals surface area contributed by atoms with Crippen LogP contribution in [0.15, 0.2) is 47.5 Å². The number of nitriles is 1. The maximum absolute atomic E-state index is 8.71. The van der Waals surface area contributed by atoms with Crippen LogP contribution in [0.4, 0.5) is 17.5 Å². The number of imidazole rings is 1. The van der Waals surface area contributed by atoms with Gasteiger partial charge in [0.1, 0.15) is 5.82 Å². The fourth-order valence-electron chi connectivity index (χ4n) is 2.21. The molecule has 0 unspecified atom stereocenters. The zero-order valence-corrected chi connectivity index (χ0v) is 14.9. The quantitative estimate of drug-likeness (QED) is 0.564. The molecule has 0 spiro atoms. The van der Waals surface area contributed by atoms with Crippen molar-refractivity contribution < 1.29 is 0 Å². The molecule has 0 aliphatic carbocycles. The monoisotopic (exact) mass is 397 g/mol. The summed E-state index contributed by atoms with van der Waals surface area (Å²) in [7, 11) is 0. The van der Waals surface area contributed by atoms with Crippen molar-refractivity contribution >= 4 is 33.4 Å². The molecular weight excluding hydrogens is 382 g/mol. The fraction of sp³-hybridized carbons (Fsp3) is 0.176. The molecule has 2 heterocycles. The van der Waals surface area contributed by atoms with Crippen molar-refractivity contribution in [2.24, 2.45) is 0 Å². The van der Waals surface area contributed by atoms with Crippen LogP contribution in [-0.2, 0) is 12.8 Å². The maximum atomic E-state index is 8.71. The van der Waals surface area contributed by atoms with E-state index in [2.05, 4.69) is 52.6 Å². The smallest absolute Gasteiger partial charge is 0.229 e. The summed E-state index contributed by atoms with van der Waals surface area (Å²) < 4.78 is 0.798. The zero-order valence-electron chi connectivity index (χ0n) is 13.3. The van der Waals surface area contributed by atoms with E-state index in [-0.39, 0.29) is 0 Å². The summed E-state index contributed by atoms with van der Waals surface area (Å²) in [6.07, 6.45) is 6.40.